The molecule has 1 heterocycles. The lowest BCUT2D eigenvalue weighted by Gasteiger charge is -2.25. The molecule has 0 amide bonds. The van der Waals surface area contributed by atoms with Crippen LogP contribution < -0.4 is 0 Å². The topological polar surface area (TPSA) is 55.8 Å². The molecule has 0 bridgehead atoms. The van der Waals surface area contributed by atoms with E-state index in [0.29, 0.717) is 32.8 Å². The van der Waals surface area contributed by atoms with Gasteiger partial charge in [0.1, 0.15) is 0 Å². The molecule has 2 unspecified atom stereocenters. The molecule has 1 saturated heterocycles. The predicted octanol–water partition coefficient (Wildman–Crippen LogP) is 0.0869. The molecule has 5 nitrogen and oxygen atoms in total. The van der Waals surface area contributed by atoms with Gasteiger partial charge in [-0.15, -0.1) is 0 Å². The zero-order valence-corrected chi connectivity index (χ0v) is 10.2. The van der Waals surface area contributed by atoms with Crippen LogP contribution in [0.15, 0.2) is 0 Å². The van der Waals surface area contributed by atoms with Crippen molar-refractivity contribution >= 4 is 11.8 Å². The lowest BCUT2D eigenvalue weighted by molar-refractivity contribution is -0.146. The molecule has 2 rings (SSSR count). The lowest BCUT2D eigenvalue weighted by Crippen LogP contribution is -2.40. The van der Waals surface area contributed by atoms with Crippen molar-refractivity contribution in [2.75, 3.05) is 39.5 Å². The van der Waals surface area contributed by atoms with Crippen LogP contribution in [0.1, 0.15) is 13.3 Å². The summed E-state index contributed by atoms with van der Waals surface area (Å²) in [6.45, 7) is 5.62. The lowest BCUT2D eigenvalue weighted by atomic mass is 10.2. The molecule has 2 aliphatic rings. The number of ether oxygens (including phenoxy) is 2. The third-order valence-corrected chi connectivity index (χ3v) is 3.28. The number of carbonyl (C=O) groups excluding carboxylic acids is 2. The molecule has 1 saturated carbocycles. The van der Waals surface area contributed by atoms with Crippen molar-refractivity contribution in [2.45, 2.75) is 13.3 Å². The van der Waals surface area contributed by atoms with Crippen LogP contribution in [0.3, 0.4) is 0 Å². The van der Waals surface area contributed by atoms with Gasteiger partial charge in [-0.1, -0.05) is 0 Å². The summed E-state index contributed by atoms with van der Waals surface area (Å²) in [7, 11) is 0. The predicted molar refractivity (Wildman–Crippen MR) is 60.5 cm³/mol. The first kappa shape index (κ1) is 12.5. The minimum absolute atomic E-state index is 0.100. The highest BCUT2D eigenvalue weighted by Gasteiger charge is 2.48. The van der Waals surface area contributed by atoms with Gasteiger partial charge in [0.2, 0.25) is 0 Å². The quantitative estimate of drug-likeness (QED) is 0.638. The molecular weight excluding hydrogens is 222 g/mol. The van der Waals surface area contributed by atoms with Crippen LogP contribution in [-0.4, -0.2) is 56.1 Å². The first-order chi connectivity index (χ1) is 8.22. The molecule has 0 radical (unpaired) electrons. The van der Waals surface area contributed by atoms with Gasteiger partial charge in [0.15, 0.2) is 5.78 Å². The Kier molecular flexibility index (Phi) is 4.12. The van der Waals surface area contributed by atoms with Gasteiger partial charge in [-0.3, -0.25) is 14.5 Å². The van der Waals surface area contributed by atoms with E-state index in [2.05, 4.69) is 4.90 Å². The van der Waals surface area contributed by atoms with Gasteiger partial charge in [-0.2, -0.15) is 0 Å². The Labute approximate surface area is 101 Å². The number of ketones is 1. The Morgan fingerprint density at radius 3 is 2.65 bits per heavy atom. The molecule has 1 aliphatic heterocycles. The third-order valence-electron chi connectivity index (χ3n) is 3.28. The standard InChI is InChI=1S/C12H19NO4/c1-2-17-12(15)10-7-9(10)11(14)8-13-3-5-16-6-4-13/h9-10H,2-8H2,1H3. The number of hydrogen-bond donors (Lipinski definition) is 0. The highest BCUT2D eigenvalue weighted by Crippen LogP contribution is 2.40. The Hall–Kier alpha value is -0.940. The monoisotopic (exact) mass is 241 g/mol. The number of esters is 1. The first-order valence-electron chi connectivity index (χ1n) is 6.21. The summed E-state index contributed by atoms with van der Waals surface area (Å²) in [5, 5.41) is 0. The zero-order valence-electron chi connectivity index (χ0n) is 10.2. The molecule has 2 fully saturated rings. The van der Waals surface area contributed by atoms with Gasteiger partial charge in [0, 0.05) is 19.0 Å². The van der Waals surface area contributed by atoms with Crippen molar-refractivity contribution in [3.05, 3.63) is 0 Å². The van der Waals surface area contributed by atoms with Gasteiger partial charge in [-0.25, -0.2) is 0 Å². The Morgan fingerprint density at radius 1 is 1.29 bits per heavy atom. The molecule has 1 aliphatic carbocycles. The van der Waals surface area contributed by atoms with E-state index in [9.17, 15) is 9.59 Å². The average Bonchev–Trinajstić information content (AvgIpc) is 3.10. The summed E-state index contributed by atoms with van der Waals surface area (Å²) < 4.78 is 10.1. The summed E-state index contributed by atoms with van der Waals surface area (Å²) >= 11 is 0. The Balaban J connectivity index is 1.73. The average molecular weight is 241 g/mol. The largest absolute Gasteiger partial charge is 0.466 e. The summed E-state index contributed by atoms with van der Waals surface area (Å²) in [6, 6.07) is 0. The highest BCUT2D eigenvalue weighted by atomic mass is 16.5. The molecule has 5 heteroatoms. The van der Waals surface area contributed by atoms with Crippen molar-refractivity contribution in [1.82, 2.24) is 4.90 Å². The van der Waals surface area contributed by atoms with Crippen LogP contribution in [0, 0.1) is 11.8 Å². The van der Waals surface area contributed by atoms with E-state index in [4.69, 9.17) is 9.47 Å². The maximum atomic E-state index is 11.9. The molecule has 17 heavy (non-hydrogen) atoms. The van der Waals surface area contributed by atoms with Crippen molar-refractivity contribution in [2.24, 2.45) is 11.8 Å². The molecule has 0 aromatic carbocycles. The second kappa shape index (κ2) is 5.60. The van der Waals surface area contributed by atoms with E-state index >= 15 is 0 Å². The van der Waals surface area contributed by atoms with Gasteiger partial charge >= 0.3 is 5.97 Å². The highest BCUT2D eigenvalue weighted by molar-refractivity contribution is 5.92. The smallest absolute Gasteiger partial charge is 0.309 e. The SMILES string of the molecule is CCOC(=O)C1CC1C(=O)CN1CCOCC1. The number of morpholine rings is 1. The van der Waals surface area contributed by atoms with E-state index in [1.807, 2.05) is 0 Å². The number of rotatable bonds is 5. The molecule has 2 atom stereocenters. The first-order valence-corrected chi connectivity index (χ1v) is 6.21. The van der Waals surface area contributed by atoms with Crippen LogP contribution in [0.2, 0.25) is 0 Å². The Bertz CT molecular complexity index is 299. The van der Waals surface area contributed by atoms with Gasteiger partial charge in [0.25, 0.3) is 0 Å². The summed E-state index contributed by atoms with van der Waals surface area (Å²) in [5.74, 6) is -0.321. The maximum absolute atomic E-state index is 11.9. The van der Waals surface area contributed by atoms with Crippen LogP contribution in [0.4, 0.5) is 0 Å². The Morgan fingerprint density at radius 2 is 2.00 bits per heavy atom. The number of nitrogens with zero attached hydrogens (tertiary/aromatic N) is 1. The van der Waals surface area contributed by atoms with Crippen LogP contribution in [0.25, 0.3) is 0 Å². The zero-order chi connectivity index (χ0) is 12.3. The van der Waals surface area contributed by atoms with Crippen molar-refractivity contribution < 1.29 is 19.1 Å². The number of Topliss-reactive ketones (excluding diaryl/α,β-unsaturated/α-hetero) is 1. The minimum atomic E-state index is -0.215. The molecule has 0 spiro atoms. The molecular formula is C12H19NO4. The van der Waals surface area contributed by atoms with E-state index in [1.54, 1.807) is 6.92 Å². The van der Waals surface area contributed by atoms with E-state index in [0.717, 1.165) is 13.1 Å². The van der Waals surface area contributed by atoms with Crippen molar-refractivity contribution in [3.63, 3.8) is 0 Å². The number of hydrogen-bond acceptors (Lipinski definition) is 5. The molecule has 0 aromatic heterocycles. The van der Waals surface area contributed by atoms with E-state index in [-0.39, 0.29) is 23.6 Å². The van der Waals surface area contributed by atoms with Crippen LogP contribution in [0.5, 0.6) is 0 Å². The maximum Gasteiger partial charge on any atom is 0.309 e. The summed E-state index contributed by atoms with van der Waals surface area (Å²) in [4.78, 5) is 25.4. The minimum Gasteiger partial charge on any atom is -0.466 e. The van der Waals surface area contributed by atoms with Crippen LogP contribution in [-0.2, 0) is 19.1 Å². The second-order valence-electron chi connectivity index (χ2n) is 4.56. The van der Waals surface area contributed by atoms with E-state index in [1.165, 1.54) is 0 Å². The molecule has 96 valence electrons. The molecule has 0 N–H and O–H groups in total. The summed E-state index contributed by atoms with van der Waals surface area (Å²) in [6.07, 6.45) is 0.669. The van der Waals surface area contributed by atoms with Gasteiger partial charge in [0.05, 0.1) is 32.3 Å². The van der Waals surface area contributed by atoms with E-state index < -0.39 is 0 Å². The van der Waals surface area contributed by atoms with Gasteiger partial charge < -0.3 is 9.47 Å². The van der Waals surface area contributed by atoms with Crippen molar-refractivity contribution in [1.29, 1.82) is 0 Å². The van der Waals surface area contributed by atoms with Crippen molar-refractivity contribution in [3.8, 4) is 0 Å². The normalized spacial score (nSPS) is 28.8. The number of carbonyl (C=O) groups is 2. The molecule has 0 aromatic rings. The third kappa shape index (κ3) is 3.26. The fraction of sp³-hybridized carbons (Fsp3) is 0.833. The second-order valence-corrected chi connectivity index (χ2v) is 4.56. The summed E-state index contributed by atoms with van der Waals surface area (Å²) in [5.41, 5.74) is 0. The fourth-order valence-corrected chi connectivity index (χ4v) is 2.16. The fourth-order valence-electron chi connectivity index (χ4n) is 2.16. The van der Waals surface area contributed by atoms with Gasteiger partial charge in [-0.05, 0) is 13.3 Å². The van der Waals surface area contributed by atoms with Crippen LogP contribution >= 0.6 is 0 Å².